The molecular formula is C24H24S4. The van der Waals surface area contributed by atoms with E-state index >= 15 is 0 Å². The number of hydrogen-bond acceptors (Lipinski definition) is 4. The third-order valence-electron chi connectivity index (χ3n) is 4.67. The van der Waals surface area contributed by atoms with E-state index in [1.54, 1.807) is 0 Å². The summed E-state index contributed by atoms with van der Waals surface area (Å²) in [5.41, 5.74) is 5.53. The highest BCUT2D eigenvalue weighted by Crippen LogP contribution is 2.58. The van der Waals surface area contributed by atoms with Crippen LogP contribution in [-0.4, -0.2) is 0 Å². The van der Waals surface area contributed by atoms with Gasteiger partial charge < -0.3 is 0 Å². The van der Waals surface area contributed by atoms with Crippen LogP contribution in [0.3, 0.4) is 0 Å². The van der Waals surface area contributed by atoms with Crippen LogP contribution in [0.15, 0.2) is 67.8 Å². The number of rotatable bonds is 6. The molecule has 4 heteroatoms. The van der Waals surface area contributed by atoms with Crippen molar-refractivity contribution in [3.63, 3.8) is 0 Å². The SMILES string of the molecule is CCCc1ccc(C2=CS/C(=C3\SC=C(c4ccc(CCC)cc4)S3)S2)cc1. The number of thioether (sulfide) groups is 4. The Morgan fingerprint density at radius 1 is 0.571 bits per heavy atom. The summed E-state index contributed by atoms with van der Waals surface area (Å²) >= 11 is 7.57. The summed E-state index contributed by atoms with van der Waals surface area (Å²) in [6.07, 6.45) is 4.73. The average Bonchev–Trinajstić information content (AvgIpc) is 3.40. The molecule has 144 valence electrons. The Morgan fingerprint density at radius 3 is 1.32 bits per heavy atom. The second-order valence-corrected chi connectivity index (χ2v) is 11.3. The van der Waals surface area contributed by atoms with Crippen molar-refractivity contribution in [3.8, 4) is 0 Å². The normalized spacial score (nSPS) is 19.1. The summed E-state index contributed by atoms with van der Waals surface area (Å²) in [6.45, 7) is 4.47. The first-order valence-corrected chi connectivity index (χ1v) is 13.2. The first-order valence-electron chi connectivity index (χ1n) is 9.79. The highest BCUT2D eigenvalue weighted by molar-refractivity contribution is 8.36. The van der Waals surface area contributed by atoms with E-state index in [0.29, 0.717) is 0 Å². The zero-order chi connectivity index (χ0) is 19.3. The number of aryl methyl sites for hydroxylation is 2. The Labute approximate surface area is 185 Å². The van der Waals surface area contributed by atoms with Crippen LogP contribution in [0.5, 0.6) is 0 Å². The maximum absolute atomic E-state index is 2.31. The molecule has 0 radical (unpaired) electrons. The maximum atomic E-state index is 2.31. The van der Waals surface area contributed by atoms with Crippen LogP contribution in [-0.2, 0) is 12.8 Å². The fourth-order valence-corrected chi connectivity index (χ4v) is 8.12. The minimum absolute atomic E-state index is 1.16. The third-order valence-corrected chi connectivity index (χ3v) is 10.0. The quantitative estimate of drug-likeness (QED) is 0.439. The van der Waals surface area contributed by atoms with Gasteiger partial charge in [-0.1, -0.05) is 122 Å². The summed E-state index contributed by atoms with van der Waals surface area (Å²) in [5.74, 6) is 0. The van der Waals surface area contributed by atoms with E-state index in [9.17, 15) is 0 Å². The largest absolute Gasteiger partial charge is 0.0878 e. The van der Waals surface area contributed by atoms with E-state index in [0.717, 1.165) is 12.8 Å². The smallest absolute Gasteiger partial charge is 0.0700 e. The van der Waals surface area contributed by atoms with Crippen molar-refractivity contribution in [1.29, 1.82) is 0 Å². The Bertz CT molecular complexity index is 841. The lowest BCUT2D eigenvalue weighted by Crippen LogP contribution is -1.84. The fraction of sp³-hybridized carbons (Fsp3) is 0.250. The van der Waals surface area contributed by atoms with E-state index in [1.165, 1.54) is 53.4 Å². The predicted molar refractivity (Wildman–Crippen MR) is 134 cm³/mol. The minimum atomic E-state index is 1.16. The monoisotopic (exact) mass is 440 g/mol. The van der Waals surface area contributed by atoms with Gasteiger partial charge in [-0.25, -0.2) is 0 Å². The van der Waals surface area contributed by atoms with Gasteiger partial charge in [0, 0.05) is 9.81 Å². The molecule has 2 aromatic carbocycles. The molecule has 2 heterocycles. The molecule has 2 aromatic rings. The zero-order valence-electron chi connectivity index (χ0n) is 16.2. The summed E-state index contributed by atoms with van der Waals surface area (Å²) in [7, 11) is 0. The van der Waals surface area contributed by atoms with Gasteiger partial charge in [0.1, 0.15) is 0 Å². The van der Waals surface area contributed by atoms with Crippen molar-refractivity contribution in [2.45, 2.75) is 39.5 Å². The van der Waals surface area contributed by atoms with Crippen molar-refractivity contribution < 1.29 is 0 Å². The van der Waals surface area contributed by atoms with E-state index in [2.05, 4.69) is 73.2 Å². The standard InChI is InChI=1S/C24H24S4/c1-3-5-17-7-11-19(12-8-17)21-15-25-23(27-21)24-26-16-22(28-24)20-13-9-18(6-4-2)10-14-20/h7-16H,3-6H2,1-2H3/b24-23-. The van der Waals surface area contributed by atoms with Crippen molar-refractivity contribution in [2.75, 3.05) is 0 Å². The summed E-state index contributed by atoms with van der Waals surface area (Å²) in [5, 5.41) is 4.61. The lowest BCUT2D eigenvalue weighted by Gasteiger charge is -2.06. The Balaban J connectivity index is 1.40. The second-order valence-electron chi connectivity index (χ2n) is 6.87. The van der Waals surface area contributed by atoms with Crippen LogP contribution in [0.2, 0.25) is 0 Å². The molecule has 4 rings (SSSR count). The van der Waals surface area contributed by atoms with Crippen LogP contribution in [0, 0.1) is 0 Å². The van der Waals surface area contributed by atoms with Crippen LogP contribution in [0.25, 0.3) is 9.81 Å². The van der Waals surface area contributed by atoms with Crippen molar-refractivity contribution in [2.24, 2.45) is 0 Å². The molecule has 0 aliphatic carbocycles. The molecular weight excluding hydrogens is 417 g/mol. The van der Waals surface area contributed by atoms with Crippen molar-refractivity contribution in [3.05, 3.63) is 90.1 Å². The number of hydrogen-bond donors (Lipinski definition) is 0. The molecule has 28 heavy (non-hydrogen) atoms. The van der Waals surface area contributed by atoms with Gasteiger partial charge in [-0.15, -0.1) is 0 Å². The zero-order valence-corrected chi connectivity index (χ0v) is 19.5. The average molecular weight is 441 g/mol. The molecule has 0 saturated carbocycles. The van der Waals surface area contributed by atoms with Crippen LogP contribution in [0.4, 0.5) is 0 Å². The van der Waals surface area contributed by atoms with E-state index in [4.69, 9.17) is 0 Å². The van der Waals surface area contributed by atoms with E-state index < -0.39 is 0 Å². The molecule has 2 aliphatic rings. The molecule has 0 amide bonds. The molecule has 0 unspecified atom stereocenters. The molecule has 0 aromatic heterocycles. The van der Waals surface area contributed by atoms with Crippen molar-refractivity contribution in [1.82, 2.24) is 0 Å². The Morgan fingerprint density at radius 2 is 0.964 bits per heavy atom. The molecule has 0 spiro atoms. The maximum Gasteiger partial charge on any atom is 0.0700 e. The van der Waals surface area contributed by atoms with Gasteiger partial charge in [0.15, 0.2) is 0 Å². The van der Waals surface area contributed by atoms with E-state index in [-0.39, 0.29) is 0 Å². The molecule has 0 saturated heterocycles. The van der Waals surface area contributed by atoms with Crippen LogP contribution >= 0.6 is 47.0 Å². The van der Waals surface area contributed by atoms with Crippen LogP contribution in [0.1, 0.15) is 48.9 Å². The summed E-state index contributed by atoms with van der Waals surface area (Å²) in [4.78, 5) is 2.74. The first kappa shape index (κ1) is 20.3. The molecule has 0 atom stereocenters. The highest BCUT2D eigenvalue weighted by atomic mass is 32.2. The van der Waals surface area contributed by atoms with Gasteiger partial charge in [0.05, 0.1) is 8.47 Å². The van der Waals surface area contributed by atoms with Gasteiger partial charge in [-0.2, -0.15) is 0 Å². The summed E-state index contributed by atoms with van der Waals surface area (Å²) in [6, 6.07) is 18.2. The lowest BCUT2D eigenvalue weighted by atomic mass is 10.1. The van der Waals surface area contributed by atoms with Gasteiger partial charge >= 0.3 is 0 Å². The predicted octanol–water partition coefficient (Wildman–Crippen LogP) is 8.98. The van der Waals surface area contributed by atoms with Gasteiger partial charge in [0.2, 0.25) is 0 Å². The lowest BCUT2D eigenvalue weighted by molar-refractivity contribution is 0.922. The Kier molecular flexibility index (Phi) is 7.05. The Hall–Kier alpha value is -0.940. The molecule has 0 bridgehead atoms. The van der Waals surface area contributed by atoms with Gasteiger partial charge in [-0.3, -0.25) is 0 Å². The van der Waals surface area contributed by atoms with Gasteiger partial charge in [-0.05, 0) is 45.9 Å². The minimum Gasteiger partial charge on any atom is -0.0878 e. The van der Waals surface area contributed by atoms with Gasteiger partial charge in [0.25, 0.3) is 0 Å². The molecule has 0 N–H and O–H groups in total. The fourth-order valence-electron chi connectivity index (χ4n) is 3.19. The molecule has 0 fully saturated rings. The molecule has 2 aliphatic heterocycles. The topological polar surface area (TPSA) is 0 Å². The second kappa shape index (κ2) is 9.71. The molecule has 0 nitrogen and oxygen atoms in total. The summed E-state index contributed by atoms with van der Waals surface area (Å²) < 4.78 is 2.83. The number of benzene rings is 2. The van der Waals surface area contributed by atoms with Crippen LogP contribution < -0.4 is 0 Å². The third kappa shape index (κ3) is 4.79. The van der Waals surface area contributed by atoms with E-state index in [1.807, 2.05) is 47.0 Å². The first-order chi connectivity index (χ1) is 13.8. The van der Waals surface area contributed by atoms with Crippen molar-refractivity contribution >= 4 is 56.9 Å². The highest BCUT2D eigenvalue weighted by Gasteiger charge is 2.23.